The van der Waals surface area contributed by atoms with Crippen molar-refractivity contribution in [2.75, 3.05) is 19.8 Å². The molecule has 0 radical (unpaired) electrons. The maximum absolute atomic E-state index is 13.8. The van der Waals surface area contributed by atoms with Crippen molar-refractivity contribution in [3.05, 3.63) is 71.5 Å². The predicted octanol–water partition coefficient (Wildman–Crippen LogP) is 2.69. The number of hydrogen-bond donors (Lipinski definition) is 2. The summed E-state index contributed by atoms with van der Waals surface area (Å²) in [7, 11) is 0. The Kier molecular flexibility index (Phi) is 5.46. The van der Waals surface area contributed by atoms with E-state index in [0.717, 1.165) is 24.0 Å². The van der Waals surface area contributed by atoms with Crippen LogP contribution in [0.25, 0.3) is 0 Å². The highest BCUT2D eigenvalue weighted by Crippen LogP contribution is 2.35. The van der Waals surface area contributed by atoms with Crippen molar-refractivity contribution in [1.82, 2.24) is 5.32 Å². The maximum atomic E-state index is 13.8. The predicted molar refractivity (Wildman–Crippen MR) is 94.5 cm³/mol. The van der Waals surface area contributed by atoms with E-state index in [1.807, 2.05) is 36.4 Å². The van der Waals surface area contributed by atoms with E-state index in [1.165, 1.54) is 6.07 Å². The van der Waals surface area contributed by atoms with Crippen LogP contribution in [-0.2, 0) is 14.9 Å². The number of benzene rings is 2. The van der Waals surface area contributed by atoms with E-state index in [0.29, 0.717) is 19.8 Å². The molecule has 1 saturated heterocycles. The Bertz CT molecular complexity index is 715. The number of amides is 1. The maximum Gasteiger partial charge on any atom is 0.239 e. The van der Waals surface area contributed by atoms with Crippen LogP contribution < -0.4 is 11.1 Å². The third kappa shape index (κ3) is 4.06. The molecule has 2 aromatic carbocycles. The zero-order valence-electron chi connectivity index (χ0n) is 14.1. The van der Waals surface area contributed by atoms with Gasteiger partial charge in [0.2, 0.25) is 5.91 Å². The molecule has 4 nitrogen and oxygen atoms in total. The average molecular weight is 342 g/mol. The molecule has 0 unspecified atom stereocenters. The van der Waals surface area contributed by atoms with Gasteiger partial charge in [0.1, 0.15) is 11.9 Å². The Hall–Kier alpha value is -2.24. The summed E-state index contributed by atoms with van der Waals surface area (Å²) in [6.45, 7) is 1.76. The molecular formula is C20H23FN2O2. The fourth-order valence-electron chi connectivity index (χ4n) is 3.47. The Balaban J connectivity index is 1.84. The van der Waals surface area contributed by atoms with E-state index < -0.39 is 11.9 Å². The standard InChI is InChI=1S/C20H23FN2O2/c21-17-8-4-7-16(13-17)20(9-11-25-12-10-20)14-23-18(19(22)24)15-5-2-1-3-6-15/h1-8,13,18,23H,9-12,14H2,(H2,22,24)/t18-/m0/s1. The summed E-state index contributed by atoms with van der Waals surface area (Å²) >= 11 is 0. The summed E-state index contributed by atoms with van der Waals surface area (Å²) in [5.74, 6) is -0.675. The van der Waals surface area contributed by atoms with E-state index in [9.17, 15) is 9.18 Å². The van der Waals surface area contributed by atoms with Gasteiger partial charge < -0.3 is 15.8 Å². The zero-order chi connectivity index (χ0) is 17.7. The number of primary amides is 1. The quantitative estimate of drug-likeness (QED) is 0.848. The largest absolute Gasteiger partial charge is 0.381 e. The van der Waals surface area contributed by atoms with E-state index in [1.54, 1.807) is 12.1 Å². The number of rotatable bonds is 6. The van der Waals surface area contributed by atoms with Crippen LogP contribution in [0.4, 0.5) is 4.39 Å². The van der Waals surface area contributed by atoms with Gasteiger partial charge >= 0.3 is 0 Å². The SMILES string of the molecule is NC(=O)[C@@H](NCC1(c2cccc(F)c2)CCOCC1)c1ccccc1. The molecule has 0 saturated carbocycles. The monoisotopic (exact) mass is 342 g/mol. The first-order valence-corrected chi connectivity index (χ1v) is 8.52. The summed E-state index contributed by atoms with van der Waals surface area (Å²) < 4.78 is 19.3. The highest BCUT2D eigenvalue weighted by Gasteiger charge is 2.35. The van der Waals surface area contributed by atoms with E-state index >= 15 is 0 Å². The molecular weight excluding hydrogens is 319 g/mol. The lowest BCUT2D eigenvalue weighted by Gasteiger charge is -2.39. The second-order valence-electron chi connectivity index (χ2n) is 6.53. The van der Waals surface area contributed by atoms with Gasteiger partial charge in [-0.15, -0.1) is 0 Å². The van der Waals surface area contributed by atoms with Gasteiger partial charge in [0.25, 0.3) is 0 Å². The number of hydrogen-bond acceptors (Lipinski definition) is 3. The highest BCUT2D eigenvalue weighted by atomic mass is 19.1. The minimum absolute atomic E-state index is 0.252. The molecule has 0 aliphatic carbocycles. The van der Waals surface area contributed by atoms with Gasteiger partial charge in [0, 0.05) is 25.2 Å². The van der Waals surface area contributed by atoms with Crippen molar-refractivity contribution in [2.45, 2.75) is 24.3 Å². The summed E-state index contributed by atoms with van der Waals surface area (Å²) in [6.07, 6.45) is 1.54. The average Bonchev–Trinajstić information content (AvgIpc) is 2.63. The molecule has 1 atom stereocenters. The minimum atomic E-state index is -0.575. The van der Waals surface area contributed by atoms with E-state index in [-0.39, 0.29) is 11.2 Å². The van der Waals surface area contributed by atoms with Crippen molar-refractivity contribution >= 4 is 5.91 Å². The van der Waals surface area contributed by atoms with Crippen molar-refractivity contribution in [2.24, 2.45) is 5.73 Å². The molecule has 1 amide bonds. The van der Waals surface area contributed by atoms with E-state index in [2.05, 4.69) is 5.32 Å². The van der Waals surface area contributed by atoms with Crippen LogP contribution in [0.5, 0.6) is 0 Å². The first-order valence-electron chi connectivity index (χ1n) is 8.52. The Morgan fingerprint density at radius 2 is 1.88 bits per heavy atom. The number of halogens is 1. The molecule has 25 heavy (non-hydrogen) atoms. The normalized spacial score (nSPS) is 17.8. The van der Waals surface area contributed by atoms with Gasteiger partial charge in [-0.25, -0.2) is 4.39 Å². The summed E-state index contributed by atoms with van der Waals surface area (Å²) in [4.78, 5) is 11.9. The number of nitrogens with one attached hydrogen (secondary N) is 1. The first-order chi connectivity index (χ1) is 12.1. The van der Waals surface area contributed by atoms with Crippen LogP contribution in [-0.4, -0.2) is 25.7 Å². The second kappa shape index (κ2) is 7.76. The van der Waals surface area contributed by atoms with Crippen molar-refractivity contribution in [3.8, 4) is 0 Å². The molecule has 2 aromatic rings. The molecule has 5 heteroatoms. The van der Waals surface area contributed by atoms with Gasteiger partial charge in [-0.1, -0.05) is 42.5 Å². The van der Waals surface area contributed by atoms with Crippen LogP contribution in [0, 0.1) is 5.82 Å². The number of carbonyl (C=O) groups excluding carboxylic acids is 1. The first kappa shape index (κ1) is 17.6. The number of ether oxygens (including phenoxy) is 1. The van der Waals surface area contributed by atoms with Gasteiger partial charge in [0.05, 0.1) is 0 Å². The highest BCUT2D eigenvalue weighted by molar-refractivity contribution is 5.81. The molecule has 3 N–H and O–H groups in total. The summed E-state index contributed by atoms with van der Waals surface area (Å²) in [5.41, 5.74) is 7.09. The fourth-order valence-corrected chi connectivity index (χ4v) is 3.47. The van der Waals surface area contributed by atoms with E-state index in [4.69, 9.17) is 10.5 Å². The smallest absolute Gasteiger partial charge is 0.239 e. The van der Waals surface area contributed by atoms with Crippen LogP contribution >= 0.6 is 0 Å². The molecule has 0 bridgehead atoms. The van der Waals surface area contributed by atoms with Crippen molar-refractivity contribution in [1.29, 1.82) is 0 Å². The topological polar surface area (TPSA) is 64.4 Å². The van der Waals surface area contributed by atoms with Crippen LogP contribution in [0.3, 0.4) is 0 Å². The van der Waals surface area contributed by atoms with Crippen molar-refractivity contribution < 1.29 is 13.9 Å². The third-order valence-electron chi connectivity index (χ3n) is 4.95. The third-order valence-corrected chi connectivity index (χ3v) is 4.95. The Labute approximate surface area is 147 Å². The van der Waals surface area contributed by atoms with Gasteiger partial charge in [-0.3, -0.25) is 4.79 Å². The Morgan fingerprint density at radius 1 is 1.16 bits per heavy atom. The van der Waals surface area contributed by atoms with Crippen molar-refractivity contribution in [3.63, 3.8) is 0 Å². The van der Waals surface area contributed by atoms with Gasteiger partial charge in [0.15, 0.2) is 0 Å². The minimum Gasteiger partial charge on any atom is -0.381 e. The fraction of sp³-hybridized carbons (Fsp3) is 0.350. The molecule has 1 heterocycles. The Morgan fingerprint density at radius 3 is 2.52 bits per heavy atom. The molecule has 132 valence electrons. The second-order valence-corrected chi connectivity index (χ2v) is 6.53. The molecule has 1 aliphatic heterocycles. The number of nitrogens with two attached hydrogens (primary N) is 1. The lowest BCUT2D eigenvalue weighted by Crippen LogP contribution is -2.46. The molecule has 0 spiro atoms. The van der Waals surface area contributed by atoms with Gasteiger partial charge in [-0.2, -0.15) is 0 Å². The summed E-state index contributed by atoms with van der Waals surface area (Å²) in [5, 5.41) is 3.31. The lowest BCUT2D eigenvalue weighted by molar-refractivity contribution is -0.120. The zero-order valence-corrected chi connectivity index (χ0v) is 14.1. The number of carbonyl (C=O) groups is 1. The lowest BCUT2D eigenvalue weighted by atomic mass is 9.74. The molecule has 1 fully saturated rings. The molecule has 3 rings (SSSR count). The summed E-state index contributed by atoms with van der Waals surface area (Å²) in [6, 6.07) is 15.5. The van der Waals surface area contributed by atoms with Crippen LogP contribution in [0.2, 0.25) is 0 Å². The van der Waals surface area contributed by atoms with Gasteiger partial charge in [-0.05, 0) is 36.1 Å². The van der Waals surface area contributed by atoms with Crippen LogP contribution in [0.15, 0.2) is 54.6 Å². The molecule has 0 aromatic heterocycles. The molecule has 1 aliphatic rings. The van der Waals surface area contributed by atoms with Crippen LogP contribution in [0.1, 0.15) is 30.0 Å².